The summed E-state index contributed by atoms with van der Waals surface area (Å²) in [5, 5.41) is 5.55. The Hall–Kier alpha value is -5.48. The van der Waals surface area contributed by atoms with E-state index in [1.807, 2.05) is 12.1 Å². The van der Waals surface area contributed by atoms with Gasteiger partial charge < -0.3 is 4.74 Å². The van der Waals surface area contributed by atoms with Crippen molar-refractivity contribution in [2.45, 2.75) is 19.3 Å². The van der Waals surface area contributed by atoms with E-state index >= 15 is 0 Å². The van der Waals surface area contributed by atoms with Gasteiger partial charge in [-0.2, -0.15) is 0 Å². The summed E-state index contributed by atoms with van der Waals surface area (Å²) in [5.74, 6) is 2.38. The lowest BCUT2D eigenvalue weighted by molar-refractivity contribution is 0.421. The highest BCUT2D eigenvalue weighted by molar-refractivity contribution is 6.13. The second-order valence-electron chi connectivity index (χ2n) is 11.8. The topological polar surface area (TPSA) is 39.9 Å². The average molecular weight is 554 g/mol. The van der Waals surface area contributed by atoms with Crippen LogP contribution in [-0.4, -0.2) is 14.5 Å². The maximum absolute atomic E-state index is 6.81. The molecule has 0 saturated carbocycles. The Kier molecular flexibility index (Phi) is 4.92. The molecule has 8 aromatic rings. The molecule has 2 aromatic heterocycles. The largest absolute Gasteiger partial charge is 0.454 e. The predicted octanol–water partition coefficient (Wildman–Crippen LogP) is 9.98. The second kappa shape index (κ2) is 8.76. The number of ether oxygens (including phenoxy) is 1. The third kappa shape index (κ3) is 3.38. The molecule has 43 heavy (non-hydrogen) atoms. The average Bonchev–Trinajstić information content (AvgIpc) is 3.40. The van der Waals surface area contributed by atoms with E-state index in [1.54, 1.807) is 0 Å². The summed E-state index contributed by atoms with van der Waals surface area (Å²) < 4.78 is 9.02. The molecule has 0 spiro atoms. The fourth-order valence-corrected chi connectivity index (χ4v) is 6.93. The first kappa shape index (κ1) is 24.2. The molecule has 0 amide bonds. The van der Waals surface area contributed by atoms with Gasteiger partial charge in [-0.3, -0.25) is 4.57 Å². The maximum atomic E-state index is 6.81. The minimum absolute atomic E-state index is 0.241. The van der Waals surface area contributed by atoms with Gasteiger partial charge in [0.2, 0.25) is 5.95 Å². The Balaban J connectivity index is 1.45. The van der Waals surface area contributed by atoms with Crippen LogP contribution in [0.1, 0.15) is 25.0 Å². The number of fused-ring (bicyclic) bond motifs is 9. The van der Waals surface area contributed by atoms with Crippen molar-refractivity contribution >= 4 is 43.5 Å². The van der Waals surface area contributed by atoms with E-state index in [9.17, 15) is 0 Å². The molecule has 204 valence electrons. The number of hydrogen-bond donors (Lipinski definition) is 0. The zero-order valence-corrected chi connectivity index (χ0v) is 23.9. The van der Waals surface area contributed by atoms with Crippen LogP contribution in [0.15, 0.2) is 127 Å². The smallest absolute Gasteiger partial charge is 0.235 e. The lowest BCUT2D eigenvalue weighted by Gasteiger charge is -2.34. The molecule has 4 heteroatoms. The van der Waals surface area contributed by atoms with Crippen LogP contribution in [0.3, 0.4) is 0 Å². The molecule has 9 rings (SSSR count). The van der Waals surface area contributed by atoms with Gasteiger partial charge >= 0.3 is 0 Å². The van der Waals surface area contributed by atoms with Gasteiger partial charge in [-0.25, -0.2) is 9.97 Å². The lowest BCUT2D eigenvalue weighted by atomic mass is 9.75. The van der Waals surface area contributed by atoms with Crippen molar-refractivity contribution in [3.8, 4) is 28.7 Å². The van der Waals surface area contributed by atoms with Gasteiger partial charge in [0.05, 0.1) is 16.7 Å². The van der Waals surface area contributed by atoms with Crippen LogP contribution in [0.2, 0.25) is 0 Å². The third-order valence-corrected chi connectivity index (χ3v) is 9.06. The molecule has 6 aromatic carbocycles. The lowest BCUT2D eigenvalue weighted by Crippen LogP contribution is -2.24. The fourth-order valence-electron chi connectivity index (χ4n) is 6.93. The van der Waals surface area contributed by atoms with E-state index in [4.69, 9.17) is 14.7 Å². The summed E-state index contributed by atoms with van der Waals surface area (Å²) >= 11 is 0. The van der Waals surface area contributed by atoms with Crippen molar-refractivity contribution < 1.29 is 4.74 Å². The van der Waals surface area contributed by atoms with E-state index in [-0.39, 0.29) is 5.41 Å². The van der Waals surface area contributed by atoms with Crippen LogP contribution in [-0.2, 0) is 5.41 Å². The summed E-state index contributed by atoms with van der Waals surface area (Å²) in [6.07, 6.45) is 0. The van der Waals surface area contributed by atoms with Crippen LogP contribution in [0, 0.1) is 0 Å². The molecule has 3 heterocycles. The van der Waals surface area contributed by atoms with Gasteiger partial charge in [-0.05, 0) is 23.6 Å². The molecule has 0 saturated heterocycles. The quantitative estimate of drug-likeness (QED) is 0.200. The molecule has 4 nitrogen and oxygen atoms in total. The number of para-hydroxylation sites is 2. The molecule has 0 radical (unpaired) electrons. The van der Waals surface area contributed by atoms with Gasteiger partial charge in [0.1, 0.15) is 11.3 Å². The first-order valence-electron chi connectivity index (χ1n) is 14.7. The minimum atomic E-state index is -0.241. The Morgan fingerprint density at radius 1 is 0.581 bits per heavy atom. The highest BCUT2D eigenvalue weighted by Gasteiger charge is 2.36. The van der Waals surface area contributed by atoms with Crippen molar-refractivity contribution in [2.75, 3.05) is 0 Å². The van der Waals surface area contributed by atoms with Crippen molar-refractivity contribution in [1.82, 2.24) is 14.5 Å². The molecule has 0 fully saturated rings. The van der Waals surface area contributed by atoms with Crippen molar-refractivity contribution in [3.63, 3.8) is 0 Å². The van der Waals surface area contributed by atoms with Gasteiger partial charge in [-0.1, -0.05) is 123 Å². The normalized spacial score (nSPS) is 13.7. The molecular weight excluding hydrogens is 526 g/mol. The van der Waals surface area contributed by atoms with Crippen molar-refractivity contribution in [1.29, 1.82) is 0 Å². The summed E-state index contributed by atoms with van der Waals surface area (Å²) in [5.41, 5.74) is 7.03. The number of benzene rings is 6. The zero-order valence-electron chi connectivity index (χ0n) is 23.9. The molecular formula is C39H27N3O. The molecule has 0 aliphatic carbocycles. The van der Waals surface area contributed by atoms with Crippen molar-refractivity contribution in [2.24, 2.45) is 0 Å². The Bertz CT molecular complexity index is 2400. The molecule has 0 atom stereocenters. The van der Waals surface area contributed by atoms with Gasteiger partial charge in [0.15, 0.2) is 5.75 Å². The summed E-state index contributed by atoms with van der Waals surface area (Å²) in [4.78, 5) is 10.7. The maximum Gasteiger partial charge on any atom is 0.235 e. The van der Waals surface area contributed by atoms with E-state index in [1.165, 1.54) is 5.56 Å². The Morgan fingerprint density at radius 2 is 1.30 bits per heavy atom. The Morgan fingerprint density at radius 3 is 2.19 bits per heavy atom. The number of aromatic nitrogens is 3. The Labute approximate surface area is 248 Å². The highest BCUT2D eigenvalue weighted by Crippen LogP contribution is 2.52. The molecule has 0 N–H and O–H groups in total. The highest BCUT2D eigenvalue weighted by atomic mass is 16.5. The van der Waals surface area contributed by atoms with Crippen molar-refractivity contribution in [3.05, 3.63) is 139 Å². The van der Waals surface area contributed by atoms with Crippen LogP contribution >= 0.6 is 0 Å². The van der Waals surface area contributed by atoms with Gasteiger partial charge in [0, 0.05) is 43.7 Å². The molecule has 1 aliphatic heterocycles. The van der Waals surface area contributed by atoms with Crippen LogP contribution in [0.5, 0.6) is 11.5 Å². The fraction of sp³-hybridized carbons (Fsp3) is 0.0769. The zero-order chi connectivity index (χ0) is 28.7. The molecule has 0 bridgehead atoms. The SMILES string of the molecule is CC1(C)c2ccccc2Oc2c1ccc1c3ccccc3n(-c3nc(-c4ccccc4)c4ccc5ccccc5c4n3)c21. The first-order chi connectivity index (χ1) is 21.1. The third-order valence-electron chi connectivity index (χ3n) is 9.06. The molecule has 1 aliphatic rings. The summed E-state index contributed by atoms with van der Waals surface area (Å²) in [7, 11) is 0. The summed E-state index contributed by atoms with van der Waals surface area (Å²) in [6.45, 7) is 4.55. The van der Waals surface area contributed by atoms with E-state index in [0.717, 1.165) is 71.8 Å². The minimum Gasteiger partial charge on any atom is -0.454 e. The number of hydrogen-bond acceptors (Lipinski definition) is 3. The number of nitrogens with zero attached hydrogens (tertiary/aromatic N) is 3. The van der Waals surface area contributed by atoms with Crippen LogP contribution in [0.25, 0.3) is 60.7 Å². The van der Waals surface area contributed by atoms with E-state index in [2.05, 4.69) is 134 Å². The monoisotopic (exact) mass is 553 g/mol. The molecule has 0 unspecified atom stereocenters. The predicted molar refractivity (Wildman–Crippen MR) is 175 cm³/mol. The number of rotatable bonds is 2. The van der Waals surface area contributed by atoms with E-state index in [0.29, 0.717) is 5.95 Å². The second-order valence-corrected chi connectivity index (χ2v) is 11.8. The van der Waals surface area contributed by atoms with Crippen LogP contribution < -0.4 is 4.74 Å². The first-order valence-corrected chi connectivity index (χ1v) is 14.7. The van der Waals surface area contributed by atoms with E-state index < -0.39 is 0 Å². The van der Waals surface area contributed by atoms with Gasteiger partial charge in [-0.15, -0.1) is 0 Å². The van der Waals surface area contributed by atoms with Crippen LogP contribution in [0.4, 0.5) is 0 Å². The standard InChI is InChI=1S/C39H27N3O/c1-39(2)30-17-9-11-19-33(30)43-37-31(39)23-22-28-27-16-8-10-18-32(27)42(36(28)37)38-40-34(25-13-4-3-5-14-25)29-21-20-24-12-6-7-15-26(24)35(29)41-38/h3-23H,1-2H3. The van der Waals surface area contributed by atoms with Gasteiger partial charge in [0.25, 0.3) is 0 Å². The summed E-state index contributed by atoms with van der Waals surface area (Å²) in [6, 6.07) is 44.5.